The second-order valence-electron chi connectivity index (χ2n) is 7.77. The normalized spacial score (nSPS) is 14.7. The van der Waals surface area contributed by atoms with Crippen LogP contribution in [-0.2, 0) is 6.54 Å². The summed E-state index contributed by atoms with van der Waals surface area (Å²) < 4.78 is 7.72. The largest absolute Gasteiger partial charge is 0.497 e. The third kappa shape index (κ3) is 5.91. The van der Waals surface area contributed by atoms with Crippen molar-refractivity contribution in [3.05, 3.63) is 72.1 Å². The van der Waals surface area contributed by atoms with Crippen LogP contribution in [0.3, 0.4) is 0 Å². The Morgan fingerprint density at radius 3 is 2.71 bits per heavy atom. The summed E-state index contributed by atoms with van der Waals surface area (Å²) in [5.41, 5.74) is 2.25. The topological polar surface area (TPSA) is 52.0 Å². The predicted molar refractivity (Wildman–Crippen MR) is 129 cm³/mol. The molecule has 6 heteroatoms. The van der Waals surface area contributed by atoms with Crippen LogP contribution in [0.4, 0.5) is 5.69 Å². The lowest BCUT2D eigenvalue weighted by Gasteiger charge is -2.25. The summed E-state index contributed by atoms with van der Waals surface area (Å²) in [6.45, 7) is 0.650. The number of ether oxygens (including phenoxy) is 1. The molecule has 0 saturated heterocycles. The summed E-state index contributed by atoms with van der Waals surface area (Å²) in [5.74, 6) is 2.73. The fourth-order valence-electron chi connectivity index (χ4n) is 4.02. The van der Waals surface area contributed by atoms with Crippen LogP contribution >= 0.6 is 11.8 Å². The summed E-state index contributed by atoms with van der Waals surface area (Å²) in [6.07, 6.45) is 10.7. The number of anilines is 1. The van der Waals surface area contributed by atoms with E-state index in [0.29, 0.717) is 12.6 Å². The zero-order valence-electron chi connectivity index (χ0n) is 18.0. The summed E-state index contributed by atoms with van der Waals surface area (Å²) in [4.78, 5) is 0. The molecule has 0 unspecified atom stereocenters. The molecular formula is C25H30N4OS. The molecule has 0 aliphatic heterocycles. The highest BCUT2D eigenvalue weighted by Crippen LogP contribution is 2.33. The van der Waals surface area contributed by atoms with Gasteiger partial charge in [-0.1, -0.05) is 79.6 Å². The minimum absolute atomic E-state index is 0.492. The van der Waals surface area contributed by atoms with Crippen LogP contribution < -0.4 is 10.1 Å². The van der Waals surface area contributed by atoms with Crippen molar-refractivity contribution >= 4 is 23.5 Å². The molecule has 2 aromatic carbocycles. The molecule has 0 amide bonds. The highest BCUT2D eigenvalue weighted by atomic mass is 32.2. The van der Waals surface area contributed by atoms with E-state index in [-0.39, 0.29) is 0 Å². The molecule has 1 fully saturated rings. The second-order valence-corrected chi connectivity index (χ2v) is 8.76. The Morgan fingerprint density at radius 2 is 1.90 bits per heavy atom. The molecule has 31 heavy (non-hydrogen) atoms. The van der Waals surface area contributed by atoms with Crippen LogP contribution in [-0.4, -0.2) is 27.6 Å². The SMILES string of the molecule is COc1cccc(NCc2nnc(SC/C=C/c3ccccc3)n2C2CCCCC2)c1. The molecule has 0 spiro atoms. The molecule has 4 rings (SSSR count). The number of nitrogens with zero attached hydrogens (tertiary/aromatic N) is 3. The Labute approximate surface area is 188 Å². The first kappa shape index (κ1) is 21.5. The Bertz CT molecular complexity index is 980. The number of aromatic nitrogens is 3. The molecule has 0 atom stereocenters. The van der Waals surface area contributed by atoms with E-state index in [1.807, 2.05) is 30.3 Å². The number of hydrogen-bond acceptors (Lipinski definition) is 5. The number of benzene rings is 2. The Hall–Kier alpha value is -2.73. The van der Waals surface area contributed by atoms with Gasteiger partial charge in [0.05, 0.1) is 13.7 Å². The smallest absolute Gasteiger partial charge is 0.191 e. The summed E-state index contributed by atoms with van der Waals surface area (Å²) in [5, 5.41) is 13.6. The molecule has 1 heterocycles. The van der Waals surface area contributed by atoms with E-state index in [4.69, 9.17) is 4.74 Å². The van der Waals surface area contributed by atoms with E-state index in [9.17, 15) is 0 Å². The summed E-state index contributed by atoms with van der Waals surface area (Å²) in [6, 6.07) is 18.9. The van der Waals surface area contributed by atoms with Crippen LogP contribution in [0.1, 0.15) is 49.5 Å². The predicted octanol–water partition coefficient (Wildman–Crippen LogP) is 6.21. The number of nitrogens with one attached hydrogen (secondary N) is 1. The van der Waals surface area contributed by atoms with Gasteiger partial charge in [0.1, 0.15) is 5.75 Å². The summed E-state index contributed by atoms with van der Waals surface area (Å²) >= 11 is 1.76. The maximum absolute atomic E-state index is 5.33. The van der Waals surface area contributed by atoms with Crippen LogP contribution in [0.5, 0.6) is 5.75 Å². The van der Waals surface area contributed by atoms with Gasteiger partial charge in [0, 0.05) is 23.5 Å². The molecule has 162 valence electrons. The number of thioether (sulfide) groups is 1. The first-order valence-electron chi connectivity index (χ1n) is 11.0. The second kappa shape index (κ2) is 11.0. The maximum atomic E-state index is 5.33. The molecule has 5 nitrogen and oxygen atoms in total. The number of rotatable bonds is 9. The molecular weight excluding hydrogens is 404 g/mol. The third-order valence-electron chi connectivity index (χ3n) is 5.61. The van der Waals surface area contributed by atoms with E-state index in [1.165, 1.54) is 37.7 Å². The van der Waals surface area contributed by atoms with Crippen LogP contribution in [0, 0.1) is 0 Å². The van der Waals surface area contributed by atoms with E-state index >= 15 is 0 Å². The summed E-state index contributed by atoms with van der Waals surface area (Å²) in [7, 11) is 1.69. The average molecular weight is 435 g/mol. The molecule has 1 aromatic heterocycles. The molecule has 0 radical (unpaired) electrons. The van der Waals surface area contributed by atoms with Gasteiger partial charge in [-0.05, 0) is 30.5 Å². The quantitative estimate of drug-likeness (QED) is 0.406. The van der Waals surface area contributed by atoms with Crippen LogP contribution in [0.2, 0.25) is 0 Å². The highest BCUT2D eigenvalue weighted by molar-refractivity contribution is 7.99. The standard InChI is InChI=1S/C25H30N4OS/c1-30-23-16-8-13-21(18-23)26-19-24-27-28-25(29(24)22-14-6-3-7-15-22)31-17-9-12-20-10-4-2-5-11-20/h2,4-5,8-13,16,18,22,26H,3,6-7,14-15,17,19H2,1H3/b12-9+. The Morgan fingerprint density at radius 1 is 1.06 bits per heavy atom. The van der Waals surface area contributed by atoms with Crippen molar-refractivity contribution in [1.29, 1.82) is 0 Å². The fourth-order valence-corrected chi connectivity index (χ4v) is 4.85. The molecule has 1 aliphatic rings. The van der Waals surface area contributed by atoms with Gasteiger partial charge in [0.25, 0.3) is 0 Å². The van der Waals surface area contributed by atoms with E-state index in [2.05, 4.69) is 56.5 Å². The lowest BCUT2D eigenvalue weighted by atomic mass is 9.95. The van der Waals surface area contributed by atoms with E-state index in [1.54, 1.807) is 18.9 Å². The number of hydrogen-bond donors (Lipinski definition) is 1. The first-order chi connectivity index (χ1) is 15.3. The molecule has 0 bridgehead atoms. The molecule has 3 aromatic rings. The van der Waals surface area contributed by atoms with Gasteiger partial charge in [-0.3, -0.25) is 0 Å². The Balaban J connectivity index is 1.46. The van der Waals surface area contributed by atoms with Crippen molar-refractivity contribution in [3.8, 4) is 5.75 Å². The van der Waals surface area contributed by atoms with E-state index in [0.717, 1.165) is 28.2 Å². The van der Waals surface area contributed by atoms with Gasteiger partial charge in [-0.2, -0.15) is 0 Å². The van der Waals surface area contributed by atoms with Crippen molar-refractivity contribution < 1.29 is 4.74 Å². The monoisotopic (exact) mass is 434 g/mol. The number of methoxy groups -OCH3 is 1. The zero-order valence-corrected chi connectivity index (χ0v) is 18.9. The first-order valence-corrected chi connectivity index (χ1v) is 12.0. The van der Waals surface area contributed by atoms with E-state index < -0.39 is 0 Å². The third-order valence-corrected chi connectivity index (χ3v) is 6.51. The molecule has 1 saturated carbocycles. The highest BCUT2D eigenvalue weighted by Gasteiger charge is 2.22. The van der Waals surface area contributed by atoms with Crippen molar-refractivity contribution in [2.45, 2.75) is 49.8 Å². The average Bonchev–Trinajstić information content (AvgIpc) is 3.24. The maximum Gasteiger partial charge on any atom is 0.191 e. The minimum Gasteiger partial charge on any atom is -0.497 e. The van der Waals surface area contributed by atoms with Gasteiger partial charge in [-0.25, -0.2) is 0 Å². The Kier molecular flexibility index (Phi) is 7.66. The fraction of sp³-hybridized carbons (Fsp3) is 0.360. The van der Waals surface area contributed by atoms with Crippen molar-refractivity contribution in [1.82, 2.24) is 14.8 Å². The van der Waals surface area contributed by atoms with Gasteiger partial charge in [0.2, 0.25) is 0 Å². The molecule has 1 N–H and O–H groups in total. The van der Waals surface area contributed by atoms with Gasteiger partial charge < -0.3 is 14.6 Å². The van der Waals surface area contributed by atoms with Gasteiger partial charge in [0.15, 0.2) is 11.0 Å². The van der Waals surface area contributed by atoms with Gasteiger partial charge in [-0.15, -0.1) is 10.2 Å². The van der Waals surface area contributed by atoms with Crippen LogP contribution in [0.15, 0.2) is 65.8 Å². The van der Waals surface area contributed by atoms with Crippen molar-refractivity contribution in [3.63, 3.8) is 0 Å². The minimum atomic E-state index is 0.492. The zero-order chi connectivity index (χ0) is 21.3. The van der Waals surface area contributed by atoms with Crippen molar-refractivity contribution in [2.75, 3.05) is 18.2 Å². The lowest BCUT2D eigenvalue weighted by molar-refractivity contribution is 0.330. The lowest BCUT2D eigenvalue weighted by Crippen LogP contribution is -2.18. The van der Waals surface area contributed by atoms with Crippen LogP contribution in [0.25, 0.3) is 6.08 Å². The van der Waals surface area contributed by atoms with Gasteiger partial charge >= 0.3 is 0 Å². The molecule has 1 aliphatic carbocycles. The van der Waals surface area contributed by atoms with Crippen molar-refractivity contribution in [2.24, 2.45) is 0 Å².